The van der Waals surface area contributed by atoms with E-state index in [4.69, 9.17) is 18.1 Å². The zero-order chi connectivity index (χ0) is 22.2. The Kier molecular flexibility index (Phi) is 10.2. The molecule has 1 aliphatic rings. The maximum atomic E-state index is 13.5. The molecule has 0 saturated heterocycles. The third-order valence-corrected chi connectivity index (χ3v) is 8.95. The van der Waals surface area contributed by atoms with Crippen molar-refractivity contribution in [3.8, 4) is 0 Å². The lowest BCUT2D eigenvalue weighted by Crippen LogP contribution is -2.43. The molecule has 0 radical (unpaired) electrons. The maximum Gasteiger partial charge on any atom is 0.472 e. The van der Waals surface area contributed by atoms with Gasteiger partial charge in [-0.1, -0.05) is 24.3 Å². The lowest BCUT2D eigenvalue weighted by Gasteiger charge is -2.33. The molecule has 0 aliphatic heterocycles. The second-order valence-corrected chi connectivity index (χ2v) is 10.9. The smallest absolute Gasteiger partial charge is 0.313 e. The van der Waals surface area contributed by atoms with Crippen LogP contribution in [-0.2, 0) is 40.1 Å². The Morgan fingerprint density at radius 1 is 1.07 bits per heavy atom. The Hall–Kier alpha value is -0.560. The van der Waals surface area contributed by atoms with Crippen LogP contribution < -0.4 is 5.32 Å². The Morgan fingerprint density at radius 2 is 1.67 bits per heavy atom. The maximum absolute atomic E-state index is 13.5. The van der Waals surface area contributed by atoms with Gasteiger partial charge in [-0.25, -0.2) is 4.57 Å². The van der Waals surface area contributed by atoms with Crippen molar-refractivity contribution in [1.29, 1.82) is 0 Å². The van der Waals surface area contributed by atoms with E-state index < -0.39 is 27.2 Å². The number of hydrogen-bond acceptors (Lipinski definition) is 7. The van der Waals surface area contributed by atoms with Crippen molar-refractivity contribution in [1.82, 2.24) is 5.32 Å². The van der Waals surface area contributed by atoms with E-state index in [9.17, 15) is 14.0 Å². The quantitative estimate of drug-likeness (QED) is 0.417. The summed E-state index contributed by atoms with van der Waals surface area (Å²) in [6, 6.07) is 8.55. The molecule has 0 aromatic heterocycles. The number of phosphoric acid groups is 1. The molecule has 4 unspecified atom stereocenters. The van der Waals surface area contributed by atoms with E-state index >= 15 is 0 Å². The van der Waals surface area contributed by atoms with E-state index in [-0.39, 0.29) is 32.4 Å². The van der Waals surface area contributed by atoms with Gasteiger partial charge in [-0.15, -0.1) is 0 Å². The highest BCUT2D eigenvalue weighted by Gasteiger charge is 2.43. The van der Waals surface area contributed by atoms with Gasteiger partial charge < -0.3 is 19.3 Å². The minimum atomic E-state index is -4.27. The van der Waals surface area contributed by atoms with E-state index in [0.29, 0.717) is 0 Å². The van der Waals surface area contributed by atoms with Gasteiger partial charge in [0, 0.05) is 12.6 Å². The molecule has 0 saturated carbocycles. The minimum Gasteiger partial charge on any atom is -0.313 e. The second-order valence-electron chi connectivity index (χ2n) is 7.26. The SMILES string of the molecule is CCOP(=O)(O)OC(C)C(CNC1CCc2ccccc2C1)P(=O)(OCC)OCC. The predicted molar refractivity (Wildman–Crippen MR) is 117 cm³/mol. The summed E-state index contributed by atoms with van der Waals surface area (Å²) in [6.07, 6.45) is 1.89. The number of rotatable bonds is 13. The summed E-state index contributed by atoms with van der Waals surface area (Å²) >= 11 is 0. The van der Waals surface area contributed by atoms with Crippen LogP contribution in [0.3, 0.4) is 0 Å². The van der Waals surface area contributed by atoms with E-state index in [1.807, 2.05) is 12.1 Å². The molecule has 2 N–H and O–H groups in total. The topological polar surface area (TPSA) is 103 Å². The van der Waals surface area contributed by atoms with E-state index in [1.54, 1.807) is 27.7 Å². The summed E-state index contributed by atoms with van der Waals surface area (Å²) < 4.78 is 46.8. The fourth-order valence-electron chi connectivity index (χ4n) is 3.76. The third kappa shape index (κ3) is 7.25. The summed E-state index contributed by atoms with van der Waals surface area (Å²) in [4.78, 5) is 9.90. The van der Waals surface area contributed by atoms with Gasteiger partial charge in [0.1, 0.15) is 5.66 Å². The molecule has 10 heteroatoms. The zero-order valence-corrected chi connectivity index (χ0v) is 20.1. The first kappa shape index (κ1) is 25.7. The normalized spacial score (nSPS) is 20.9. The lowest BCUT2D eigenvalue weighted by molar-refractivity contribution is 0.103. The highest BCUT2D eigenvalue weighted by atomic mass is 31.2. The van der Waals surface area contributed by atoms with Crippen LogP contribution in [0.15, 0.2) is 24.3 Å². The van der Waals surface area contributed by atoms with Gasteiger partial charge in [-0.05, 0) is 58.1 Å². The largest absolute Gasteiger partial charge is 0.472 e. The zero-order valence-electron chi connectivity index (χ0n) is 18.3. The molecule has 0 heterocycles. The van der Waals surface area contributed by atoms with E-state index in [0.717, 1.165) is 19.3 Å². The van der Waals surface area contributed by atoms with Gasteiger partial charge in [0.25, 0.3) is 0 Å². The molecule has 30 heavy (non-hydrogen) atoms. The average molecular weight is 463 g/mol. The van der Waals surface area contributed by atoms with Crippen molar-refractivity contribution in [3.05, 3.63) is 35.4 Å². The van der Waals surface area contributed by atoms with Crippen LogP contribution in [0.2, 0.25) is 0 Å². The van der Waals surface area contributed by atoms with Crippen molar-refractivity contribution in [2.45, 2.75) is 64.8 Å². The molecule has 2 rings (SSSR count). The fourth-order valence-corrected chi connectivity index (χ4v) is 6.89. The Labute approximate surface area is 179 Å². The van der Waals surface area contributed by atoms with Crippen molar-refractivity contribution >= 4 is 15.4 Å². The number of fused-ring (bicyclic) bond motifs is 1. The summed E-state index contributed by atoms with van der Waals surface area (Å²) in [6.45, 7) is 7.33. The minimum absolute atomic E-state index is 0.0273. The van der Waals surface area contributed by atoms with Crippen LogP contribution in [0.4, 0.5) is 0 Å². The van der Waals surface area contributed by atoms with Gasteiger partial charge >= 0.3 is 15.4 Å². The molecule has 0 bridgehead atoms. The van der Waals surface area contributed by atoms with Gasteiger partial charge in [0.15, 0.2) is 0 Å². The molecular formula is C20H35NO7P2. The molecule has 0 spiro atoms. The summed E-state index contributed by atoms with van der Waals surface area (Å²) in [5.74, 6) is 0. The first-order valence-corrected chi connectivity index (χ1v) is 13.7. The number of hydrogen-bond donors (Lipinski definition) is 2. The monoisotopic (exact) mass is 463 g/mol. The molecule has 1 aliphatic carbocycles. The van der Waals surface area contributed by atoms with E-state index in [2.05, 4.69) is 17.4 Å². The second kappa shape index (κ2) is 11.9. The Morgan fingerprint density at radius 3 is 2.27 bits per heavy atom. The van der Waals surface area contributed by atoms with Crippen LogP contribution in [0.5, 0.6) is 0 Å². The summed E-state index contributed by atoms with van der Waals surface area (Å²) in [7, 11) is -7.87. The summed E-state index contributed by atoms with van der Waals surface area (Å²) in [5, 5.41) is 3.46. The molecule has 1 aromatic rings. The number of benzene rings is 1. The molecule has 8 nitrogen and oxygen atoms in total. The summed E-state index contributed by atoms with van der Waals surface area (Å²) in [5.41, 5.74) is 1.89. The number of nitrogens with one attached hydrogen (secondary N) is 1. The first-order chi connectivity index (χ1) is 14.2. The van der Waals surface area contributed by atoms with Crippen LogP contribution >= 0.6 is 15.4 Å². The van der Waals surface area contributed by atoms with Gasteiger partial charge in [-0.3, -0.25) is 13.6 Å². The number of phosphoric ester groups is 1. The Bertz CT molecular complexity index is 750. The van der Waals surface area contributed by atoms with Crippen molar-refractivity contribution in [2.24, 2.45) is 0 Å². The van der Waals surface area contributed by atoms with Crippen LogP contribution in [0, 0.1) is 0 Å². The molecule has 1 aromatic carbocycles. The van der Waals surface area contributed by atoms with Crippen LogP contribution in [-0.4, -0.2) is 49.1 Å². The highest BCUT2D eigenvalue weighted by Crippen LogP contribution is 2.57. The van der Waals surface area contributed by atoms with Crippen LogP contribution in [0.1, 0.15) is 45.2 Å². The number of aryl methyl sites for hydroxylation is 1. The Balaban J connectivity index is 2.14. The van der Waals surface area contributed by atoms with Gasteiger partial charge in [-0.2, -0.15) is 0 Å². The molecular weight excluding hydrogens is 428 g/mol. The van der Waals surface area contributed by atoms with Crippen LogP contribution in [0.25, 0.3) is 0 Å². The average Bonchev–Trinajstić information content (AvgIpc) is 2.67. The standard InChI is InChI=1S/C20H35NO7P2/c1-5-25-29(22,26-6-2)20(16(4)28-30(23,24)27-7-3)15-21-19-13-12-17-10-8-9-11-18(17)14-19/h8-11,16,19-21H,5-7,12-15H2,1-4H3,(H,23,24). The van der Waals surface area contributed by atoms with Gasteiger partial charge in [0.2, 0.25) is 0 Å². The molecule has 0 amide bonds. The van der Waals surface area contributed by atoms with Gasteiger partial charge in [0.05, 0.1) is 25.9 Å². The van der Waals surface area contributed by atoms with Crippen molar-refractivity contribution in [3.63, 3.8) is 0 Å². The third-order valence-electron chi connectivity index (χ3n) is 5.12. The lowest BCUT2D eigenvalue weighted by atomic mass is 9.88. The molecule has 4 atom stereocenters. The van der Waals surface area contributed by atoms with Crippen molar-refractivity contribution in [2.75, 3.05) is 26.4 Å². The van der Waals surface area contributed by atoms with Crippen molar-refractivity contribution < 1.29 is 32.1 Å². The highest BCUT2D eigenvalue weighted by molar-refractivity contribution is 7.54. The van der Waals surface area contributed by atoms with E-state index in [1.165, 1.54) is 11.1 Å². The molecule has 172 valence electrons. The predicted octanol–water partition coefficient (Wildman–Crippen LogP) is 4.31. The fraction of sp³-hybridized carbons (Fsp3) is 0.700. The molecule has 0 fully saturated rings. The first-order valence-electron chi connectivity index (χ1n) is 10.6.